The second-order valence-corrected chi connectivity index (χ2v) is 6.66. The fourth-order valence-corrected chi connectivity index (χ4v) is 3.50. The number of halogens is 2. The number of rotatable bonds is 2. The molecule has 3 rings (SSSR count). The van der Waals surface area contributed by atoms with Gasteiger partial charge >= 0.3 is 0 Å². The maximum absolute atomic E-state index is 13.8. The van der Waals surface area contributed by atoms with Crippen molar-refractivity contribution < 1.29 is 19.0 Å². The summed E-state index contributed by atoms with van der Waals surface area (Å²) in [7, 11) is 0. The van der Waals surface area contributed by atoms with Gasteiger partial charge in [0.2, 0.25) is 0 Å². The minimum absolute atomic E-state index is 0.268. The minimum atomic E-state index is -0.873. The molecule has 1 N–H and O–H groups in total. The van der Waals surface area contributed by atoms with Gasteiger partial charge in [0, 0.05) is 23.7 Å². The van der Waals surface area contributed by atoms with Gasteiger partial charge in [-0.2, -0.15) is 0 Å². The highest BCUT2D eigenvalue weighted by Gasteiger charge is 2.45. The summed E-state index contributed by atoms with van der Waals surface area (Å²) in [5, 5.41) is 10.7. The molecular weight excluding hydrogens is 327 g/mol. The summed E-state index contributed by atoms with van der Waals surface area (Å²) in [5.74, 6) is -0.766. The predicted octanol–water partition coefficient (Wildman–Crippen LogP) is 3.18. The maximum Gasteiger partial charge on any atom is 0.168 e. The average Bonchev–Trinajstić information content (AvgIpc) is 2.87. The Balaban J connectivity index is 1.70. The van der Waals surface area contributed by atoms with Gasteiger partial charge in [-0.15, -0.1) is 0 Å². The van der Waals surface area contributed by atoms with Crippen LogP contribution in [0, 0.1) is 5.82 Å². The number of benzene rings is 1. The predicted molar refractivity (Wildman–Crippen MR) is 75.9 cm³/mol. The molecule has 1 spiro atoms. The van der Waals surface area contributed by atoms with Gasteiger partial charge in [0.25, 0.3) is 0 Å². The van der Waals surface area contributed by atoms with E-state index in [9.17, 15) is 9.50 Å². The van der Waals surface area contributed by atoms with E-state index in [-0.39, 0.29) is 5.82 Å². The van der Waals surface area contributed by atoms with Crippen LogP contribution in [-0.4, -0.2) is 29.7 Å². The number of hydrogen-bond acceptors (Lipinski definition) is 3. The average molecular weight is 345 g/mol. The zero-order chi connectivity index (χ0) is 14.2. The Labute approximate surface area is 126 Å². The molecule has 5 heteroatoms. The smallest absolute Gasteiger partial charge is 0.168 e. The van der Waals surface area contributed by atoms with Gasteiger partial charge < -0.3 is 14.6 Å². The minimum Gasteiger partial charge on any atom is -0.390 e. The Morgan fingerprint density at radius 3 is 2.45 bits per heavy atom. The fraction of sp³-hybridized carbons (Fsp3) is 0.600. The zero-order valence-electron chi connectivity index (χ0n) is 11.2. The largest absolute Gasteiger partial charge is 0.390 e. The van der Waals surface area contributed by atoms with Crippen LogP contribution in [0.1, 0.15) is 31.2 Å². The van der Waals surface area contributed by atoms with E-state index in [1.54, 1.807) is 12.1 Å². The molecule has 0 radical (unpaired) electrons. The van der Waals surface area contributed by atoms with Gasteiger partial charge in [-0.3, -0.25) is 0 Å². The third-order valence-electron chi connectivity index (χ3n) is 4.28. The van der Waals surface area contributed by atoms with Crippen LogP contribution >= 0.6 is 15.9 Å². The topological polar surface area (TPSA) is 38.7 Å². The lowest BCUT2D eigenvalue weighted by atomic mass is 9.78. The molecular formula is C15H18BrFO3. The van der Waals surface area contributed by atoms with Gasteiger partial charge in [0.05, 0.1) is 18.8 Å². The molecule has 0 atom stereocenters. The second kappa shape index (κ2) is 5.37. The number of aliphatic hydroxyl groups is 1. The van der Waals surface area contributed by atoms with Gasteiger partial charge in [0.15, 0.2) is 5.79 Å². The van der Waals surface area contributed by atoms with Crippen LogP contribution in [0.4, 0.5) is 4.39 Å². The van der Waals surface area contributed by atoms with E-state index in [0.717, 1.165) is 4.47 Å². The highest BCUT2D eigenvalue weighted by Crippen LogP contribution is 2.41. The highest BCUT2D eigenvalue weighted by molar-refractivity contribution is 9.10. The second-order valence-electron chi connectivity index (χ2n) is 5.74. The molecule has 0 aromatic heterocycles. The van der Waals surface area contributed by atoms with Crippen molar-refractivity contribution in [1.82, 2.24) is 0 Å². The van der Waals surface area contributed by atoms with Gasteiger partial charge in [-0.05, 0) is 36.6 Å². The molecule has 1 saturated heterocycles. The molecule has 1 aromatic rings. The fourth-order valence-electron chi connectivity index (χ4n) is 3.09. The summed E-state index contributed by atoms with van der Waals surface area (Å²) in [6, 6.07) is 4.83. The van der Waals surface area contributed by atoms with Crippen LogP contribution in [0.3, 0.4) is 0 Å². The summed E-state index contributed by atoms with van der Waals surface area (Å²) in [4.78, 5) is 0. The Bertz CT molecular complexity index is 490. The van der Waals surface area contributed by atoms with Crippen LogP contribution in [0.2, 0.25) is 0 Å². The van der Waals surface area contributed by atoms with Crippen molar-refractivity contribution in [2.45, 2.75) is 43.5 Å². The molecule has 0 unspecified atom stereocenters. The molecule has 20 heavy (non-hydrogen) atoms. The monoisotopic (exact) mass is 344 g/mol. The molecule has 2 aliphatic rings. The Kier molecular flexibility index (Phi) is 3.88. The van der Waals surface area contributed by atoms with Gasteiger partial charge in [-0.1, -0.05) is 15.9 Å². The summed E-state index contributed by atoms with van der Waals surface area (Å²) in [6.45, 7) is 1.25. The van der Waals surface area contributed by atoms with Crippen LogP contribution < -0.4 is 0 Å². The zero-order valence-corrected chi connectivity index (χ0v) is 12.8. The van der Waals surface area contributed by atoms with Crippen LogP contribution in [0.5, 0.6) is 0 Å². The van der Waals surface area contributed by atoms with Crippen LogP contribution in [-0.2, 0) is 15.9 Å². The van der Waals surface area contributed by atoms with Crippen LogP contribution in [0.15, 0.2) is 22.7 Å². The van der Waals surface area contributed by atoms with E-state index in [0.29, 0.717) is 50.9 Å². The third-order valence-corrected chi connectivity index (χ3v) is 4.78. The molecule has 110 valence electrons. The molecule has 1 aliphatic carbocycles. The van der Waals surface area contributed by atoms with Crippen molar-refractivity contribution in [2.75, 3.05) is 13.2 Å². The quantitative estimate of drug-likeness (QED) is 0.895. The maximum atomic E-state index is 13.8. The van der Waals surface area contributed by atoms with Crippen molar-refractivity contribution in [3.8, 4) is 0 Å². The summed E-state index contributed by atoms with van der Waals surface area (Å²) < 4.78 is 25.9. The van der Waals surface area contributed by atoms with Crippen molar-refractivity contribution in [1.29, 1.82) is 0 Å². The highest BCUT2D eigenvalue weighted by atomic mass is 79.9. The molecule has 0 bridgehead atoms. The molecule has 1 aliphatic heterocycles. The van der Waals surface area contributed by atoms with Gasteiger partial charge in [0.1, 0.15) is 5.82 Å². The lowest BCUT2D eigenvalue weighted by molar-refractivity contribution is -0.202. The first-order valence-corrected chi connectivity index (χ1v) is 7.74. The summed E-state index contributed by atoms with van der Waals surface area (Å²) >= 11 is 3.34. The number of ether oxygens (including phenoxy) is 2. The molecule has 1 heterocycles. The van der Waals surface area contributed by atoms with Crippen molar-refractivity contribution in [3.63, 3.8) is 0 Å². The Morgan fingerprint density at radius 2 is 1.80 bits per heavy atom. The SMILES string of the molecule is OC1(Cc2cc(Br)ccc2F)CCC2(CC1)OCCO2. The van der Waals surface area contributed by atoms with E-state index in [1.807, 2.05) is 0 Å². The van der Waals surface area contributed by atoms with Crippen molar-refractivity contribution in [2.24, 2.45) is 0 Å². The molecule has 2 fully saturated rings. The first kappa shape index (κ1) is 14.4. The number of hydrogen-bond donors (Lipinski definition) is 1. The molecule has 1 saturated carbocycles. The first-order valence-electron chi connectivity index (χ1n) is 6.95. The Hall–Kier alpha value is -0.490. The van der Waals surface area contributed by atoms with Gasteiger partial charge in [-0.25, -0.2) is 4.39 Å². The van der Waals surface area contributed by atoms with E-state index >= 15 is 0 Å². The van der Waals surface area contributed by atoms with E-state index in [2.05, 4.69) is 15.9 Å². The molecule has 3 nitrogen and oxygen atoms in total. The van der Waals surface area contributed by atoms with E-state index < -0.39 is 11.4 Å². The lowest BCUT2D eigenvalue weighted by Crippen LogP contribution is -2.44. The van der Waals surface area contributed by atoms with Crippen molar-refractivity contribution in [3.05, 3.63) is 34.1 Å². The van der Waals surface area contributed by atoms with Crippen LogP contribution in [0.25, 0.3) is 0 Å². The van der Waals surface area contributed by atoms with E-state index in [1.165, 1.54) is 6.07 Å². The summed E-state index contributed by atoms with van der Waals surface area (Å²) in [5.41, 5.74) is -0.326. The third kappa shape index (κ3) is 2.91. The molecule has 1 aromatic carbocycles. The Morgan fingerprint density at radius 1 is 1.15 bits per heavy atom. The molecule has 0 amide bonds. The lowest BCUT2D eigenvalue weighted by Gasteiger charge is -2.40. The van der Waals surface area contributed by atoms with Crippen molar-refractivity contribution >= 4 is 15.9 Å². The standard InChI is InChI=1S/C15H18BrFO3/c16-12-1-2-13(17)11(9-12)10-14(18)3-5-15(6-4-14)19-7-8-20-15/h1-2,9,18H,3-8,10H2. The first-order chi connectivity index (χ1) is 9.50. The normalized spacial score (nSPS) is 24.1. The van der Waals surface area contributed by atoms with E-state index in [4.69, 9.17) is 9.47 Å². The summed E-state index contributed by atoms with van der Waals surface area (Å²) in [6.07, 6.45) is 2.80.